The van der Waals surface area contributed by atoms with Crippen molar-refractivity contribution in [3.05, 3.63) is 18.1 Å². The van der Waals surface area contributed by atoms with E-state index in [0.29, 0.717) is 5.92 Å². The van der Waals surface area contributed by atoms with Crippen LogP contribution >= 0.6 is 0 Å². The van der Waals surface area contributed by atoms with E-state index in [0.717, 1.165) is 24.1 Å². The van der Waals surface area contributed by atoms with Crippen LogP contribution < -0.4 is 10.6 Å². The van der Waals surface area contributed by atoms with Crippen molar-refractivity contribution in [2.75, 3.05) is 18.4 Å². The van der Waals surface area contributed by atoms with Gasteiger partial charge >= 0.3 is 0 Å². The van der Waals surface area contributed by atoms with Crippen molar-refractivity contribution >= 4 is 11.7 Å². The summed E-state index contributed by atoms with van der Waals surface area (Å²) < 4.78 is 0. The molecule has 0 unspecified atom stereocenters. The van der Waals surface area contributed by atoms with E-state index < -0.39 is 0 Å². The SMILES string of the molecule is O=C(CNc1ccnc(C2CC2)n1)NCC1CC1. The first-order valence-electron chi connectivity index (χ1n) is 6.65. The zero-order valence-electron chi connectivity index (χ0n) is 10.4. The second-order valence-corrected chi connectivity index (χ2v) is 5.18. The molecule has 0 saturated heterocycles. The molecule has 2 saturated carbocycles. The monoisotopic (exact) mass is 246 g/mol. The van der Waals surface area contributed by atoms with Crippen molar-refractivity contribution < 1.29 is 4.79 Å². The van der Waals surface area contributed by atoms with Crippen molar-refractivity contribution in [2.24, 2.45) is 5.92 Å². The van der Waals surface area contributed by atoms with Gasteiger partial charge in [-0.1, -0.05) is 0 Å². The lowest BCUT2D eigenvalue weighted by molar-refractivity contribution is -0.119. The highest BCUT2D eigenvalue weighted by molar-refractivity contribution is 5.80. The number of anilines is 1. The number of hydrogen-bond acceptors (Lipinski definition) is 4. The number of carbonyl (C=O) groups is 1. The second-order valence-electron chi connectivity index (χ2n) is 5.18. The Labute approximate surface area is 106 Å². The molecule has 1 aromatic heterocycles. The van der Waals surface area contributed by atoms with E-state index in [9.17, 15) is 4.79 Å². The van der Waals surface area contributed by atoms with Crippen LogP contribution in [0, 0.1) is 5.92 Å². The number of rotatable bonds is 6. The van der Waals surface area contributed by atoms with E-state index >= 15 is 0 Å². The van der Waals surface area contributed by atoms with Gasteiger partial charge in [0, 0.05) is 18.7 Å². The first-order valence-corrected chi connectivity index (χ1v) is 6.65. The highest BCUT2D eigenvalue weighted by atomic mass is 16.1. The zero-order valence-corrected chi connectivity index (χ0v) is 10.4. The van der Waals surface area contributed by atoms with Crippen LogP contribution in [0.3, 0.4) is 0 Å². The van der Waals surface area contributed by atoms with Crippen LogP contribution in [0.4, 0.5) is 5.82 Å². The molecule has 0 spiro atoms. The van der Waals surface area contributed by atoms with Gasteiger partial charge < -0.3 is 10.6 Å². The average molecular weight is 246 g/mol. The molecule has 3 rings (SSSR count). The Kier molecular flexibility index (Phi) is 3.13. The highest BCUT2D eigenvalue weighted by Crippen LogP contribution is 2.37. The third kappa shape index (κ3) is 3.18. The molecule has 2 aliphatic rings. The molecular formula is C13H18N4O. The maximum atomic E-state index is 11.6. The normalized spacial score (nSPS) is 18.4. The quantitative estimate of drug-likeness (QED) is 0.793. The predicted octanol–water partition coefficient (Wildman–Crippen LogP) is 1.29. The number of nitrogens with zero attached hydrogens (tertiary/aromatic N) is 2. The topological polar surface area (TPSA) is 66.9 Å². The summed E-state index contributed by atoms with van der Waals surface area (Å²) in [6.07, 6.45) is 6.64. The van der Waals surface area contributed by atoms with Gasteiger partial charge in [0.15, 0.2) is 0 Å². The third-order valence-electron chi connectivity index (χ3n) is 3.33. The summed E-state index contributed by atoms with van der Waals surface area (Å²) in [4.78, 5) is 20.2. The summed E-state index contributed by atoms with van der Waals surface area (Å²) in [6.45, 7) is 1.10. The molecule has 0 aliphatic heterocycles. The fraction of sp³-hybridized carbons (Fsp3) is 0.615. The maximum absolute atomic E-state index is 11.6. The van der Waals surface area contributed by atoms with E-state index in [1.54, 1.807) is 12.3 Å². The van der Waals surface area contributed by atoms with Crippen LogP contribution in [0.5, 0.6) is 0 Å². The van der Waals surface area contributed by atoms with Gasteiger partial charge in [0.05, 0.1) is 6.54 Å². The van der Waals surface area contributed by atoms with E-state index in [4.69, 9.17) is 0 Å². The van der Waals surface area contributed by atoms with Crippen LogP contribution in [0.25, 0.3) is 0 Å². The minimum Gasteiger partial charge on any atom is -0.361 e. The number of carbonyl (C=O) groups excluding carboxylic acids is 1. The summed E-state index contributed by atoms with van der Waals surface area (Å²) >= 11 is 0. The van der Waals surface area contributed by atoms with Crippen molar-refractivity contribution in [3.8, 4) is 0 Å². The zero-order chi connectivity index (χ0) is 12.4. The molecule has 18 heavy (non-hydrogen) atoms. The lowest BCUT2D eigenvalue weighted by atomic mass is 10.4. The lowest BCUT2D eigenvalue weighted by Gasteiger charge is -2.07. The fourth-order valence-electron chi connectivity index (χ4n) is 1.82. The van der Waals surface area contributed by atoms with Gasteiger partial charge in [0.2, 0.25) is 5.91 Å². The van der Waals surface area contributed by atoms with Gasteiger partial charge in [0.1, 0.15) is 11.6 Å². The molecule has 2 N–H and O–H groups in total. The van der Waals surface area contributed by atoms with E-state index in [1.165, 1.54) is 25.7 Å². The second kappa shape index (κ2) is 4.92. The van der Waals surface area contributed by atoms with Crippen molar-refractivity contribution in [2.45, 2.75) is 31.6 Å². The molecule has 0 bridgehead atoms. The Hall–Kier alpha value is -1.65. The molecule has 1 heterocycles. The smallest absolute Gasteiger partial charge is 0.239 e. The predicted molar refractivity (Wildman–Crippen MR) is 68.2 cm³/mol. The molecule has 5 nitrogen and oxygen atoms in total. The standard InChI is InChI=1S/C13H18N4O/c18-12(16-7-9-1-2-9)8-15-11-5-6-14-13(17-11)10-3-4-10/h5-6,9-10H,1-4,7-8H2,(H,16,18)(H,14,15,17). The molecule has 2 aliphatic carbocycles. The van der Waals surface area contributed by atoms with E-state index in [-0.39, 0.29) is 12.5 Å². The molecule has 2 fully saturated rings. The van der Waals surface area contributed by atoms with Gasteiger partial charge in [-0.25, -0.2) is 9.97 Å². The molecule has 96 valence electrons. The van der Waals surface area contributed by atoms with Crippen LogP contribution in [0.1, 0.15) is 37.4 Å². The van der Waals surface area contributed by atoms with Gasteiger partial charge in [-0.2, -0.15) is 0 Å². The molecule has 1 amide bonds. The summed E-state index contributed by atoms with van der Waals surface area (Å²) in [5.74, 6) is 2.94. The van der Waals surface area contributed by atoms with Gasteiger partial charge in [-0.15, -0.1) is 0 Å². The van der Waals surface area contributed by atoms with Crippen molar-refractivity contribution in [1.29, 1.82) is 0 Å². The summed E-state index contributed by atoms with van der Waals surface area (Å²) in [5.41, 5.74) is 0. The Morgan fingerprint density at radius 2 is 2.17 bits per heavy atom. The Balaban J connectivity index is 1.46. The molecular weight excluding hydrogens is 228 g/mol. The fourth-order valence-corrected chi connectivity index (χ4v) is 1.82. The van der Waals surface area contributed by atoms with E-state index in [2.05, 4.69) is 20.6 Å². The molecule has 5 heteroatoms. The first-order chi connectivity index (χ1) is 8.81. The maximum Gasteiger partial charge on any atom is 0.239 e. The van der Waals surface area contributed by atoms with Crippen molar-refractivity contribution in [1.82, 2.24) is 15.3 Å². The highest BCUT2D eigenvalue weighted by Gasteiger charge is 2.26. The lowest BCUT2D eigenvalue weighted by Crippen LogP contribution is -2.31. The molecule has 0 atom stereocenters. The van der Waals surface area contributed by atoms with Crippen LogP contribution in [-0.2, 0) is 4.79 Å². The molecule has 0 radical (unpaired) electrons. The summed E-state index contributed by atoms with van der Waals surface area (Å²) in [6, 6.07) is 1.81. The third-order valence-corrected chi connectivity index (χ3v) is 3.33. The van der Waals surface area contributed by atoms with Crippen molar-refractivity contribution in [3.63, 3.8) is 0 Å². The first kappa shape index (κ1) is 11.4. The summed E-state index contributed by atoms with van der Waals surface area (Å²) in [7, 11) is 0. The van der Waals surface area contributed by atoms with Crippen LogP contribution in [0.2, 0.25) is 0 Å². The summed E-state index contributed by atoms with van der Waals surface area (Å²) in [5, 5.41) is 5.97. The number of aromatic nitrogens is 2. The minimum atomic E-state index is 0.0356. The van der Waals surface area contributed by atoms with E-state index in [1.807, 2.05) is 0 Å². The van der Waals surface area contributed by atoms with Gasteiger partial charge in [0.25, 0.3) is 0 Å². The average Bonchev–Trinajstić information content (AvgIpc) is 3.28. The van der Waals surface area contributed by atoms with Gasteiger partial charge in [-0.05, 0) is 37.7 Å². The van der Waals surface area contributed by atoms with Gasteiger partial charge in [-0.3, -0.25) is 4.79 Å². The number of nitrogens with one attached hydrogen (secondary N) is 2. The van der Waals surface area contributed by atoms with Crippen LogP contribution in [-0.4, -0.2) is 29.0 Å². The Morgan fingerprint density at radius 1 is 1.33 bits per heavy atom. The van der Waals surface area contributed by atoms with Crippen LogP contribution in [0.15, 0.2) is 12.3 Å². The minimum absolute atomic E-state index is 0.0356. The number of hydrogen-bond donors (Lipinski definition) is 2. The number of amides is 1. The molecule has 0 aromatic carbocycles. The molecule has 1 aromatic rings. The Morgan fingerprint density at radius 3 is 2.89 bits per heavy atom. The largest absolute Gasteiger partial charge is 0.361 e. The Bertz CT molecular complexity index is 440.